The van der Waals surface area contributed by atoms with Crippen molar-refractivity contribution in [1.82, 2.24) is 4.90 Å². The van der Waals surface area contributed by atoms with Crippen molar-refractivity contribution in [3.8, 4) is 0 Å². The van der Waals surface area contributed by atoms with E-state index in [-0.39, 0.29) is 0 Å². The largest absolute Gasteiger partial charge is 0.329 e. The van der Waals surface area contributed by atoms with Crippen molar-refractivity contribution < 1.29 is 0 Å². The summed E-state index contributed by atoms with van der Waals surface area (Å²) in [6.45, 7) is 5.82. The molecule has 0 aliphatic carbocycles. The van der Waals surface area contributed by atoms with Crippen LogP contribution in [-0.4, -0.2) is 30.6 Å². The Morgan fingerprint density at radius 1 is 1.50 bits per heavy atom. The number of fused-ring (bicyclic) bond motifs is 3. The van der Waals surface area contributed by atoms with E-state index in [0.717, 1.165) is 18.4 Å². The van der Waals surface area contributed by atoms with Crippen molar-refractivity contribution in [2.75, 3.05) is 19.6 Å². The smallest absolute Gasteiger partial charge is 0.0221 e. The maximum atomic E-state index is 5.74. The molecular weight excluding hydrogens is 148 g/mol. The van der Waals surface area contributed by atoms with Crippen LogP contribution in [0, 0.1) is 11.8 Å². The SMILES string of the molecule is CC[C@H]1CN2CCC1C[C@H]2CN. The van der Waals surface area contributed by atoms with Gasteiger partial charge >= 0.3 is 0 Å². The van der Waals surface area contributed by atoms with Crippen LogP contribution in [0.4, 0.5) is 0 Å². The zero-order chi connectivity index (χ0) is 8.55. The molecule has 2 heteroatoms. The van der Waals surface area contributed by atoms with Gasteiger partial charge in [0.15, 0.2) is 0 Å². The number of piperidine rings is 3. The maximum absolute atomic E-state index is 5.74. The van der Waals surface area contributed by atoms with Gasteiger partial charge in [0, 0.05) is 19.1 Å². The molecule has 2 bridgehead atoms. The third-order valence-corrected chi connectivity index (χ3v) is 3.81. The fraction of sp³-hybridized carbons (Fsp3) is 1.00. The van der Waals surface area contributed by atoms with Crippen molar-refractivity contribution in [2.45, 2.75) is 32.2 Å². The summed E-state index contributed by atoms with van der Waals surface area (Å²) in [6, 6.07) is 0.714. The van der Waals surface area contributed by atoms with E-state index in [2.05, 4.69) is 11.8 Å². The van der Waals surface area contributed by atoms with Crippen molar-refractivity contribution in [3.05, 3.63) is 0 Å². The summed E-state index contributed by atoms with van der Waals surface area (Å²) in [4.78, 5) is 2.61. The first-order valence-electron chi connectivity index (χ1n) is 5.29. The standard InChI is InChI=1S/C10H20N2/c1-2-8-7-12-4-3-9(8)5-10(12)6-11/h8-10H,2-7,11H2,1H3/t8-,9?,10-/m0/s1. The van der Waals surface area contributed by atoms with E-state index >= 15 is 0 Å². The van der Waals surface area contributed by atoms with Gasteiger partial charge in [0.05, 0.1) is 0 Å². The average molecular weight is 168 g/mol. The molecule has 3 aliphatic heterocycles. The van der Waals surface area contributed by atoms with E-state index in [1.54, 1.807) is 0 Å². The summed E-state index contributed by atoms with van der Waals surface area (Å²) >= 11 is 0. The molecule has 4 atom stereocenters. The lowest BCUT2D eigenvalue weighted by Gasteiger charge is -2.49. The Hall–Kier alpha value is -0.0800. The predicted octanol–water partition coefficient (Wildman–Crippen LogP) is 1.07. The van der Waals surface area contributed by atoms with Gasteiger partial charge in [0.2, 0.25) is 0 Å². The van der Waals surface area contributed by atoms with Crippen LogP contribution in [0.5, 0.6) is 0 Å². The Morgan fingerprint density at radius 2 is 2.33 bits per heavy atom. The number of hydrogen-bond acceptors (Lipinski definition) is 2. The van der Waals surface area contributed by atoms with Crippen LogP contribution in [-0.2, 0) is 0 Å². The zero-order valence-electron chi connectivity index (χ0n) is 8.00. The molecule has 3 rings (SSSR count). The Morgan fingerprint density at radius 3 is 2.83 bits per heavy atom. The molecule has 0 aromatic heterocycles. The second-order valence-electron chi connectivity index (χ2n) is 4.34. The first kappa shape index (κ1) is 8.52. The van der Waals surface area contributed by atoms with Crippen LogP contribution in [0.15, 0.2) is 0 Å². The lowest BCUT2D eigenvalue weighted by Crippen LogP contribution is -2.55. The molecule has 3 fully saturated rings. The minimum atomic E-state index is 0.714. The molecule has 0 spiro atoms. The molecule has 3 aliphatic rings. The second-order valence-corrected chi connectivity index (χ2v) is 4.34. The molecule has 3 heterocycles. The second kappa shape index (κ2) is 3.35. The highest BCUT2D eigenvalue weighted by molar-refractivity contribution is 4.92. The fourth-order valence-corrected chi connectivity index (χ4v) is 2.96. The highest BCUT2D eigenvalue weighted by Gasteiger charge is 2.38. The van der Waals surface area contributed by atoms with Crippen molar-refractivity contribution >= 4 is 0 Å². The molecule has 12 heavy (non-hydrogen) atoms. The molecule has 0 aromatic carbocycles. The zero-order valence-corrected chi connectivity index (χ0v) is 8.00. The van der Waals surface area contributed by atoms with Gasteiger partial charge in [-0.05, 0) is 31.2 Å². The van der Waals surface area contributed by atoms with Crippen LogP contribution in [0.1, 0.15) is 26.2 Å². The van der Waals surface area contributed by atoms with E-state index in [9.17, 15) is 0 Å². The third kappa shape index (κ3) is 1.27. The minimum absolute atomic E-state index is 0.714. The van der Waals surface area contributed by atoms with Crippen LogP contribution in [0.25, 0.3) is 0 Å². The summed E-state index contributed by atoms with van der Waals surface area (Å²) < 4.78 is 0. The minimum Gasteiger partial charge on any atom is -0.329 e. The van der Waals surface area contributed by atoms with Crippen LogP contribution >= 0.6 is 0 Å². The van der Waals surface area contributed by atoms with Gasteiger partial charge in [0.25, 0.3) is 0 Å². The third-order valence-electron chi connectivity index (χ3n) is 3.81. The van der Waals surface area contributed by atoms with Crippen molar-refractivity contribution in [2.24, 2.45) is 17.6 Å². The van der Waals surface area contributed by atoms with Crippen LogP contribution in [0.3, 0.4) is 0 Å². The summed E-state index contributed by atoms with van der Waals surface area (Å²) in [5, 5.41) is 0. The highest BCUT2D eigenvalue weighted by Crippen LogP contribution is 2.37. The summed E-state index contributed by atoms with van der Waals surface area (Å²) in [7, 11) is 0. The van der Waals surface area contributed by atoms with Crippen molar-refractivity contribution in [3.63, 3.8) is 0 Å². The van der Waals surface area contributed by atoms with Crippen molar-refractivity contribution in [1.29, 1.82) is 0 Å². The van der Waals surface area contributed by atoms with E-state index < -0.39 is 0 Å². The number of rotatable bonds is 2. The molecule has 0 saturated carbocycles. The van der Waals surface area contributed by atoms with E-state index in [0.29, 0.717) is 6.04 Å². The maximum Gasteiger partial charge on any atom is 0.0221 e. The predicted molar refractivity (Wildman–Crippen MR) is 50.9 cm³/mol. The number of nitrogens with two attached hydrogens (primary N) is 1. The highest BCUT2D eigenvalue weighted by atomic mass is 15.2. The van der Waals surface area contributed by atoms with E-state index in [1.807, 2.05) is 0 Å². The van der Waals surface area contributed by atoms with Gasteiger partial charge in [0.1, 0.15) is 0 Å². The van der Waals surface area contributed by atoms with E-state index in [1.165, 1.54) is 32.4 Å². The average Bonchev–Trinajstić information content (AvgIpc) is 2.18. The molecular formula is C10H20N2. The fourth-order valence-electron chi connectivity index (χ4n) is 2.96. The van der Waals surface area contributed by atoms with Crippen LogP contribution in [0.2, 0.25) is 0 Å². The van der Waals surface area contributed by atoms with Crippen LogP contribution < -0.4 is 5.73 Å². The van der Waals surface area contributed by atoms with Gasteiger partial charge in [-0.25, -0.2) is 0 Å². The lowest BCUT2D eigenvalue weighted by molar-refractivity contribution is 0.00372. The van der Waals surface area contributed by atoms with Gasteiger partial charge in [-0.1, -0.05) is 13.3 Å². The normalized spacial score (nSPS) is 46.5. The topological polar surface area (TPSA) is 29.3 Å². The van der Waals surface area contributed by atoms with Gasteiger partial charge in [-0.15, -0.1) is 0 Å². The molecule has 2 nitrogen and oxygen atoms in total. The summed E-state index contributed by atoms with van der Waals surface area (Å²) in [5.74, 6) is 1.97. The number of nitrogens with zero attached hydrogens (tertiary/aromatic N) is 1. The first-order valence-corrected chi connectivity index (χ1v) is 5.29. The molecule has 70 valence electrons. The molecule has 0 amide bonds. The summed E-state index contributed by atoms with van der Waals surface area (Å²) in [5.41, 5.74) is 5.74. The number of hydrogen-bond donors (Lipinski definition) is 1. The first-order chi connectivity index (χ1) is 5.85. The monoisotopic (exact) mass is 168 g/mol. The Labute approximate surface area is 75.1 Å². The Balaban J connectivity index is 2.01. The summed E-state index contributed by atoms with van der Waals surface area (Å²) in [6.07, 6.45) is 4.16. The molecule has 2 N–H and O–H groups in total. The Bertz CT molecular complexity index is 140. The lowest BCUT2D eigenvalue weighted by atomic mass is 9.74. The quantitative estimate of drug-likeness (QED) is 0.668. The molecule has 3 saturated heterocycles. The van der Waals surface area contributed by atoms with Gasteiger partial charge < -0.3 is 5.73 Å². The molecule has 2 unspecified atom stereocenters. The van der Waals surface area contributed by atoms with Gasteiger partial charge in [-0.2, -0.15) is 0 Å². The molecule has 0 aromatic rings. The Kier molecular flexibility index (Phi) is 2.37. The molecule has 0 radical (unpaired) electrons. The van der Waals surface area contributed by atoms with E-state index in [4.69, 9.17) is 5.73 Å². The van der Waals surface area contributed by atoms with Gasteiger partial charge in [-0.3, -0.25) is 4.90 Å².